The van der Waals surface area contributed by atoms with Crippen LogP contribution in [0, 0.1) is 0 Å². The van der Waals surface area contributed by atoms with Crippen molar-refractivity contribution in [2.45, 2.75) is 38.5 Å². The van der Waals surface area contributed by atoms with Gasteiger partial charge in [0.15, 0.2) is 0 Å². The maximum atomic E-state index is 11.6. The van der Waals surface area contributed by atoms with Gasteiger partial charge in [0.1, 0.15) is 0 Å². The summed E-state index contributed by atoms with van der Waals surface area (Å²) in [6, 6.07) is 1.74. The molecule has 1 heterocycles. The van der Waals surface area contributed by atoms with Gasteiger partial charge in [-0.2, -0.15) is 5.10 Å². The molecule has 1 atom stereocenters. The number of carbonyl (C=O) groups is 1. The normalized spacial score (nSPS) is 13.3. The zero-order valence-electron chi connectivity index (χ0n) is 9.96. The molecule has 7 heteroatoms. The van der Waals surface area contributed by atoms with E-state index in [0.29, 0.717) is 13.0 Å². The first kappa shape index (κ1) is 13.7. The zero-order valence-corrected chi connectivity index (χ0v) is 10.8. The summed E-state index contributed by atoms with van der Waals surface area (Å²) in [5.41, 5.74) is 0. The fourth-order valence-electron chi connectivity index (χ4n) is 1.18. The lowest BCUT2D eigenvalue weighted by Gasteiger charge is -2.11. The Morgan fingerprint density at radius 3 is 2.76 bits per heavy atom. The van der Waals surface area contributed by atoms with Crippen LogP contribution < -0.4 is 4.72 Å². The lowest BCUT2D eigenvalue weighted by atomic mass is 10.4. The molecule has 0 aromatic carbocycles. The fourth-order valence-corrected chi connectivity index (χ4v) is 2.24. The number of hydrogen-bond acceptors (Lipinski definition) is 4. The Morgan fingerprint density at radius 1 is 1.53 bits per heavy atom. The number of aryl methyl sites for hydroxylation is 1. The monoisotopic (exact) mass is 259 g/mol. The summed E-state index contributed by atoms with van der Waals surface area (Å²) in [4.78, 5) is 11.4. The molecule has 1 aromatic rings. The van der Waals surface area contributed by atoms with Crippen molar-refractivity contribution in [2.24, 2.45) is 0 Å². The van der Waals surface area contributed by atoms with Gasteiger partial charge in [-0.05, 0) is 19.4 Å². The summed E-state index contributed by atoms with van der Waals surface area (Å²) in [5, 5.41) is 3.36. The van der Waals surface area contributed by atoms with Crippen LogP contribution in [0.25, 0.3) is 0 Å². The highest BCUT2D eigenvalue weighted by atomic mass is 32.2. The van der Waals surface area contributed by atoms with Crippen molar-refractivity contribution in [3.63, 3.8) is 0 Å². The van der Waals surface area contributed by atoms with Crippen molar-refractivity contribution in [2.75, 3.05) is 0 Å². The molecule has 6 nitrogen and oxygen atoms in total. The van der Waals surface area contributed by atoms with Crippen molar-refractivity contribution in [3.8, 4) is 0 Å². The van der Waals surface area contributed by atoms with Crippen LogP contribution in [-0.2, 0) is 21.4 Å². The molecule has 1 amide bonds. The number of nitrogens with one attached hydrogen (secondary N) is 1. The summed E-state index contributed by atoms with van der Waals surface area (Å²) in [6.07, 6.45) is 3.89. The van der Waals surface area contributed by atoms with Crippen molar-refractivity contribution >= 4 is 15.9 Å². The first-order chi connectivity index (χ1) is 7.95. The molecule has 1 rings (SSSR count). The van der Waals surface area contributed by atoms with E-state index in [1.807, 2.05) is 0 Å². The maximum Gasteiger partial charge on any atom is 0.237 e. The lowest BCUT2D eigenvalue weighted by Crippen LogP contribution is -2.37. The third-order valence-electron chi connectivity index (χ3n) is 2.49. The van der Waals surface area contributed by atoms with E-state index in [-0.39, 0.29) is 6.42 Å². The van der Waals surface area contributed by atoms with Gasteiger partial charge in [-0.15, -0.1) is 0 Å². The number of sulfonamides is 1. The number of rotatable bonds is 6. The van der Waals surface area contributed by atoms with E-state index in [9.17, 15) is 13.2 Å². The number of nitrogens with zero attached hydrogens (tertiary/aromatic N) is 2. The van der Waals surface area contributed by atoms with Crippen LogP contribution in [0.4, 0.5) is 0 Å². The Bertz CT molecular complexity index is 453. The van der Waals surface area contributed by atoms with E-state index in [0.717, 1.165) is 0 Å². The van der Waals surface area contributed by atoms with E-state index in [1.165, 1.54) is 0 Å². The Hall–Kier alpha value is -1.37. The second-order valence-electron chi connectivity index (χ2n) is 3.81. The van der Waals surface area contributed by atoms with Crippen LogP contribution in [0.5, 0.6) is 0 Å². The molecule has 0 unspecified atom stereocenters. The van der Waals surface area contributed by atoms with Gasteiger partial charge in [0.05, 0.1) is 5.25 Å². The van der Waals surface area contributed by atoms with Gasteiger partial charge in [-0.3, -0.25) is 14.2 Å². The second-order valence-corrected chi connectivity index (χ2v) is 5.91. The summed E-state index contributed by atoms with van der Waals surface area (Å²) in [6.45, 7) is 3.70. The van der Waals surface area contributed by atoms with Gasteiger partial charge < -0.3 is 0 Å². The molecule has 17 heavy (non-hydrogen) atoms. The molecule has 0 saturated carbocycles. The summed E-state index contributed by atoms with van der Waals surface area (Å²) >= 11 is 0. The summed E-state index contributed by atoms with van der Waals surface area (Å²) < 4.78 is 26.8. The molecule has 0 radical (unpaired) electrons. The number of amides is 1. The first-order valence-electron chi connectivity index (χ1n) is 5.47. The van der Waals surface area contributed by atoms with Gasteiger partial charge in [0.2, 0.25) is 15.9 Å². The highest BCUT2D eigenvalue weighted by Gasteiger charge is 2.20. The minimum absolute atomic E-state index is 0.0946. The fraction of sp³-hybridized carbons (Fsp3) is 0.600. The van der Waals surface area contributed by atoms with Crippen molar-refractivity contribution in [3.05, 3.63) is 18.5 Å². The molecule has 0 saturated heterocycles. The molecule has 0 aliphatic carbocycles. The van der Waals surface area contributed by atoms with Gasteiger partial charge >= 0.3 is 0 Å². The Kier molecular flexibility index (Phi) is 4.68. The van der Waals surface area contributed by atoms with Crippen LogP contribution >= 0.6 is 0 Å². The summed E-state index contributed by atoms with van der Waals surface area (Å²) in [7, 11) is -3.53. The maximum absolute atomic E-state index is 11.6. The van der Waals surface area contributed by atoms with Crippen molar-refractivity contribution in [1.82, 2.24) is 14.5 Å². The molecule has 1 N–H and O–H groups in total. The number of hydrogen-bond donors (Lipinski definition) is 1. The average molecular weight is 259 g/mol. The molecule has 0 bridgehead atoms. The lowest BCUT2D eigenvalue weighted by molar-refractivity contribution is -0.119. The van der Waals surface area contributed by atoms with Gasteiger partial charge in [-0.25, -0.2) is 8.42 Å². The Labute approximate surface area is 101 Å². The predicted octanol–water partition coefficient (Wildman–Crippen LogP) is 0.518. The van der Waals surface area contributed by atoms with E-state index >= 15 is 0 Å². The molecule has 0 fully saturated rings. The van der Waals surface area contributed by atoms with Crippen LogP contribution in [-0.4, -0.2) is 29.4 Å². The topological polar surface area (TPSA) is 81.1 Å². The van der Waals surface area contributed by atoms with Crippen LogP contribution in [0.2, 0.25) is 0 Å². The molecular weight excluding hydrogens is 242 g/mol. The highest BCUT2D eigenvalue weighted by Crippen LogP contribution is 2.03. The second kappa shape index (κ2) is 5.81. The Balaban J connectivity index is 2.45. The zero-order chi connectivity index (χ0) is 12.9. The minimum Gasteiger partial charge on any atom is -0.274 e. The van der Waals surface area contributed by atoms with E-state index in [4.69, 9.17) is 0 Å². The van der Waals surface area contributed by atoms with Crippen molar-refractivity contribution < 1.29 is 13.2 Å². The quantitative estimate of drug-likeness (QED) is 0.807. The SMILES string of the molecule is CC[C@H](C)S(=O)(=O)NC(=O)CCn1cccn1. The Morgan fingerprint density at radius 2 is 2.24 bits per heavy atom. The van der Waals surface area contributed by atoms with E-state index in [1.54, 1.807) is 37.0 Å². The van der Waals surface area contributed by atoms with Crippen LogP contribution in [0.15, 0.2) is 18.5 Å². The highest BCUT2D eigenvalue weighted by molar-refractivity contribution is 7.90. The van der Waals surface area contributed by atoms with Gasteiger partial charge in [-0.1, -0.05) is 6.92 Å². The average Bonchev–Trinajstić information content (AvgIpc) is 2.77. The van der Waals surface area contributed by atoms with Crippen LogP contribution in [0.1, 0.15) is 26.7 Å². The molecule has 0 aliphatic rings. The van der Waals surface area contributed by atoms with Gasteiger partial charge in [0, 0.05) is 25.4 Å². The molecular formula is C10H17N3O3S. The van der Waals surface area contributed by atoms with Crippen LogP contribution in [0.3, 0.4) is 0 Å². The molecule has 1 aromatic heterocycles. The predicted molar refractivity (Wildman–Crippen MR) is 63.7 cm³/mol. The smallest absolute Gasteiger partial charge is 0.237 e. The van der Waals surface area contributed by atoms with Gasteiger partial charge in [0.25, 0.3) is 0 Å². The molecule has 96 valence electrons. The molecule has 0 spiro atoms. The number of carbonyl (C=O) groups excluding carboxylic acids is 1. The number of aromatic nitrogens is 2. The van der Waals surface area contributed by atoms with Crippen molar-refractivity contribution in [1.29, 1.82) is 0 Å². The first-order valence-corrected chi connectivity index (χ1v) is 7.02. The standard InChI is InChI=1S/C10H17N3O3S/c1-3-9(2)17(15,16)12-10(14)5-8-13-7-4-6-11-13/h4,6-7,9H,3,5,8H2,1-2H3,(H,12,14)/t9-/m0/s1. The van der Waals surface area contributed by atoms with E-state index in [2.05, 4.69) is 9.82 Å². The van der Waals surface area contributed by atoms with E-state index < -0.39 is 21.2 Å². The third-order valence-corrected chi connectivity index (χ3v) is 4.39. The summed E-state index contributed by atoms with van der Waals surface area (Å²) in [5.74, 6) is -0.499. The minimum atomic E-state index is -3.53. The molecule has 0 aliphatic heterocycles. The third kappa shape index (κ3) is 4.18. The largest absolute Gasteiger partial charge is 0.274 e.